The fourth-order valence-electron chi connectivity index (χ4n) is 1.61. The first-order chi connectivity index (χ1) is 7.69. The molecular formula is C11H20BNO4. The van der Waals surface area contributed by atoms with E-state index in [0.29, 0.717) is 13.1 Å². The van der Waals surface area contributed by atoms with Crippen molar-refractivity contribution in [1.29, 1.82) is 0 Å². The van der Waals surface area contributed by atoms with Crippen molar-refractivity contribution in [3.63, 3.8) is 0 Å². The Kier molecular flexibility index (Phi) is 4.22. The molecular weight excluding hydrogens is 221 g/mol. The first kappa shape index (κ1) is 14.1. The third-order valence-electron chi connectivity index (χ3n) is 2.59. The molecule has 1 saturated heterocycles. The Morgan fingerprint density at radius 2 is 1.94 bits per heavy atom. The number of amides is 1. The molecule has 0 spiro atoms. The zero-order valence-corrected chi connectivity index (χ0v) is 10.8. The zero-order valence-electron chi connectivity index (χ0n) is 10.8. The number of ether oxygens (including phenoxy) is 1. The summed E-state index contributed by atoms with van der Waals surface area (Å²) in [7, 11) is -1.43. The predicted octanol–water partition coefficient (Wildman–Crippen LogP) is 0.812. The Morgan fingerprint density at radius 1 is 1.41 bits per heavy atom. The van der Waals surface area contributed by atoms with Crippen molar-refractivity contribution in [2.75, 3.05) is 13.1 Å². The molecule has 1 fully saturated rings. The lowest BCUT2D eigenvalue weighted by Gasteiger charge is -2.40. The summed E-state index contributed by atoms with van der Waals surface area (Å²) in [6.07, 6.45) is -0.314. The molecule has 1 aliphatic heterocycles. The first-order valence-electron chi connectivity index (χ1n) is 5.71. The maximum atomic E-state index is 11.6. The van der Waals surface area contributed by atoms with Crippen LogP contribution in [0.25, 0.3) is 0 Å². The van der Waals surface area contributed by atoms with Gasteiger partial charge in [-0.1, -0.05) is 11.5 Å². The molecule has 1 aliphatic rings. The second kappa shape index (κ2) is 5.10. The molecule has 6 heteroatoms. The largest absolute Gasteiger partial charge is 0.480 e. The fourth-order valence-corrected chi connectivity index (χ4v) is 1.61. The van der Waals surface area contributed by atoms with Gasteiger partial charge in [0.25, 0.3) is 0 Å². The van der Waals surface area contributed by atoms with Crippen LogP contribution in [0.2, 0.25) is 0 Å². The van der Waals surface area contributed by atoms with Gasteiger partial charge in [0.2, 0.25) is 0 Å². The third kappa shape index (κ3) is 4.40. The van der Waals surface area contributed by atoms with E-state index in [1.807, 2.05) is 27.7 Å². The van der Waals surface area contributed by atoms with Gasteiger partial charge in [-0.3, -0.25) is 0 Å². The summed E-state index contributed by atoms with van der Waals surface area (Å²) >= 11 is 0. The molecule has 96 valence electrons. The summed E-state index contributed by atoms with van der Waals surface area (Å²) in [5.41, 5.74) is 0.411. The van der Waals surface area contributed by atoms with E-state index in [9.17, 15) is 4.79 Å². The van der Waals surface area contributed by atoms with Crippen molar-refractivity contribution in [1.82, 2.24) is 4.90 Å². The summed E-state index contributed by atoms with van der Waals surface area (Å²) < 4.78 is 5.22. The molecule has 0 aromatic rings. The minimum atomic E-state index is -1.43. The van der Waals surface area contributed by atoms with E-state index in [1.54, 1.807) is 4.90 Å². The average Bonchev–Trinajstić information content (AvgIpc) is 1.94. The lowest BCUT2D eigenvalue weighted by Crippen LogP contribution is -2.52. The van der Waals surface area contributed by atoms with Crippen LogP contribution in [0.3, 0.4) is 0 Å². The number of hydrogen-bond donors (Lipinski definition) is 2. The predicted molar refractivity (Wildman–Crippen MR) is 65.2 cm³/mol. The molecule has 0 unspecified atom stereocenters. The van der Waals surface area contributed by atoms with E-state index < -0.39 is 12.7 Å². The summed E-state index contributed by atoms with van der Waals surface area (Å²) in [4.78, 5) is 13.2. The van der Waals surface area contributed by atoms with Crippen molar-refractivity contribution in [3.8, 4) is 0 Å². The van der Waals surface area contributed by atoms with E-state index >= 15 is 0 Å². The van der Waals surface area contributed by atoms with Crippen molar-refractivity contribution in [3.05, 3.63) is 11.5 Å². The fraction of sp³-hybridized carbons (Fsp3) is 0.727. The third-order valence-corrected chi connectivity index (χ3v) is 2.59. The molecule has 0 aromatic carbocycles. The quantitative estimate of drug-likeness (QED) is 0.702. The van der Waals surface area contributed by atoms with Gasteiger partial charge in [-0.05, 0) is 27.7 Å². The van der Waals surface area contributed by atoms with Crippen LogP contribution in [0, 0.1) is 5.92 Å². The van der Waals surface area contributed by atoms with Gasteiger partial charge < -0.3 is 19.7 Å². The molecule has 1 amide bonds. The maximum Gasteiger partial charge on any atom is 0.480 e. The van der Waals surface area contributed by atoms with E-state index in [0.717, 1.165) is 5.57 Å². The van der Waals surface area contributed by atoms with Gasteiger partial charge >= 0.3 is 13.2 Å². The number of nitrogens with zero attached hydrogens (tertiary/aromatic N) is 1. The van der Waals surface area contributed by atoms with Crippen LogP contribution < -0.4 is 0 Å². The van der Waals surface area contributed by atoms with Crippen molar-refractivity contribution < 1.29 is 19.6 Å². The molecule has 0 aromatic heterocycles. The molecule has 0 radical (unpaired) electrons. The highest BCUT2D eigenvalue weighted by atomic mass is 16.6. The Bertz CT molecular complexity index is 316. The number of rotatable bonds is 2. The minimum absolute atomic E-state index is 0.198. The van der Waals surface area contributed by atoms with Crippen LogP contribution in [-0.4, -0.2) is 46.9 Å². The van der Waals surface area contributed by atoms with Gasteiger partial charge in [-0.15, -0.1) is 0 Å². The van der Waals surface area contributed by atoms with E-state index in [1.165, 1.54) is 5.98 Å². The average molecular weight is 241 g/mol. The Morgan fingerprint density at radius 3 is 2.35 bits per heavy atom. The summed E-state index contributed by atoms with van der Waals surface area (Å²) in [6, 6.07) is 0. The second-order valence-corrected chi connectivity index (χ2v) is 5.41. The van der Waals surface area contributed by atoms with Crippen molar-refractivity contribution >= 4 is 13.2 Å². The molecule has 5 nitrogen and oxygen atoms in total. The highest BCUT2D eigenvalue weighted by Gasteiger charge is 2.34. The van der Waals surface area contributed by atoms with Gasteiger partial charge in [0.15, 0.2) is 0 Å². The molecule has 0 saturated carbocycles. The van der Waals surface area contributed by atoms with Crippen LogP contribution in [0.15, 0.2) is 11.5 Å². The van der Waals surface area contributed by atoms with Gasteiger partial charge in [-0.2, -0.15) is 0 Å². The number of carbonyl (C=O) groups is 1. The van der Waals surface area contributed by atoms with Crippen molar-refractivity contribution in [2.24, 2.45) is 5.92 Å². The normalized spacial score (nSPS) is 17.8. The lowest BCUT2D eigenvalue weighted by molar-refractivity contribution is 0.00373. The molecule has 1 rings (SSSR count). The Balaban J connectivity index is 2.39. The second-order valence-electron chi connectivity index (χ2n) is 5.41. The summed E-state index contributed by atoms with van der Waals surface area (Å²) in [6.45, 7) is 8.46. The van der Waals surface area contributed by atoms with E-state index in [4.69, 9.17) is 14.8 Å². The minimum Gasteiger partial charge on any atom is -0.444 e. The van der Waals surface area contributed by atoms with Gasteiger partial charge in [0.1, 0.15) is 5.60 Å². The SMILES string of the molecule is C/C(=C\B(O)O)C1CN(C(=O)OC(C)(C)C)C1. The van der Waals surface area contributed by atoms with E-state index in [2.05, 4.69) is 0 Å². The monoisotopic (exact) mass is 241 g/mol. The van der Waals surface area contributed by atoms with Crippen molar-refractivity contribution in [2.45, 2.75) is 33.3 Å². The first-order valence-corrected chi connectivity index (χ1v) is 5.71. The van der Waals surface area contributed by atoms with Crippen LogP contribution in [0.1, 0.15) is 27.7 Å². The lowest BCUT2D eigenvalue weighted by atomic mass is 9.82. The summed E-state index contributed by atoms with van der Waals surface area (Å²) in [5.74, 6) is 1.58. The zero-order chi connectivity index (χ0) is 13.2. The molecule has 0 bridgehead atoms. The highest BCUT2D eigenvalue weighted by Crippen LogP contribution is 2.25. The standard InChI is InChI=1S/C11H20BNO4/c1-8(5-12(15)16)9-6-13(7-9)10(14)17-11(2,3)4/h5,9,15-16H,6-7H2,1-4H3/b8-5+. The number of carbonyl (C=O) groups excluding carboxylic acids is 1. The van der Waals surface area contributed by atoms with Crippen LogP contribution >= 0.6 is 0 Å². The molecule has 17 heavy (non-hydrogen) atoms. The number of likely N-dealkylation sites (tertiary alicyclic amines) is 1. The maximum absolute atomic E-state index is 11.6. The highest BCUT2D eigenvalue weighted by molar-refractivity contribution is 6.47. The van der Waals surface area contributed by atoms with Gasteiger partial charge in [0, 0.05) is 19.0 Å². The topological polar surface area (TPSA) is 70.0 Å². The van der Waals surface area contributed by atoms with Crippen LogP contribution in [-0.2, 0) is 4.74 Å². The van der Waals surface area contributed by atoms with Gasteiger partial charge in [-0.25, -0.2) is 4.79 Å². The molecule has 0 atom stereocenters. The van der Waals surface area contributed by atoms with Crippen LogP contribution in [0.5, 0.6) is 0 Å². The van der Waals surface area contributed by atoms with E-state index in [-0.39, 0.29) is 12.0 Å². The summed E-state index contributed by atoms with van der Waals surface area (Å²) in [5, 5.41) is 17.6. The number of hydrogen-bond acceptors (Lipinski definition) is 4. The Hall–Kier alpha value is -1.01. The molecule has 1 heterocycles. The van der Waals surface area contributed by atoms with Gasteiger partial charge in [0.05, 0.1) is 0 Å². The molecule has 0 aliphatic carbocycles. The molecule has 2 N–H and O–H groups in total. The van der Waals surface area contributed by atoms with Crippen LogP contribution in [0.4, 0.5) is 4.79 Å². The smallest absolute Gasteiger partial charge is 0.444 e. The Labute approximate surface area is 102 Å².